The van der Waals surface area contributed by atoms with E-state index in [0.717, 1.165) is 37.3 Å². The van der Waals surface area contributed by atoms with Crippen LogP contribution in [-0.2, 0) is 4.74 Å². The van der Waals surface area contributed by atoms with E-state index in [-0.39, 0.29) is 24.2 Å². The molecule has 162 valence electrons. The summed E-state index contributed by atoms with van der Waals surface area (Å²) in [5.74, 6) is -0.572. The fraction of sp³-hybridized carbons (Fsp3) is 0.261. The van der Waals surface area contributed by atoms with E-state index < -0.39 is 5.97 Å². The molecule has 0 radical (unpaired) electrons. The molecule has 31 heavy (non-hydrogen) atoms. The zero-order valence-corrected chi connectivity index (χ0v) is 18.0. The fourth-order valence-corrected chi connectivity index (χ4v) is 3.87. The summed E-state index contributed by atoms with van der Waals surface area (Å²) < 4.78 is 6.69. The number of methoxy groups -OCH3 is 1. The Morgan fingerprint density at radius 1 is 1.03 bits per heavy atom. The van der Waals surface area contributed by atoms with Crippen molar-refractivity contribution in [2.75, 3.05) is 25.5 Å². The van der Waals surface area contributed by atoms with Gasteiger partial charge in [-0.2, -0.15) is 5.10 Å². The molecule has 0 bridgehead atoms. The number of nitrogens with one attached hydrogen (secondary N) is 2. The first-order chi connectivity index (χ1) is 14.7. The van der Waals surface area contributed by atoms with Gasteiger partial charge in [-0.05, 0) is 50.2 Å². The zero-order valence-electron chi connectivity index (χ0n) is 17.2. The average molecular weight is 441 g/mol. The highest BCUT2D eigenvalue weighted by Crippen LogP contribution is 2.31. The number of esters is 1. The van der Waals surface area contributed by atoms with Crippen LogP contribution in [0.3, 0.4) is 0 Å². The van der Waals surface area contributed by atoms with Crippen molar-refractivity contribution >= 4 is 30.0 Å². The van der Waals surface area contributed by atoms with E-state index in [1.165, 1.54) is 7.11 Å². The van der Waals surface area contributed by atoms with Crippen molar-refractivity contribution < 1.29 is 14.3 Å². The lowest BCUT2D eigenvalue weighted by molar-refractivity contribution is 0.0602. The highest BCUT2D eigenvalue weighted by molar-refractivity contribution is 6.08. The minimum absolute atomic E-state index is 0. The number of hydrogen-bond acceptors (Lipinski definition) is 5. The summed E-state index contributed by atoms with van der Waals surface area (Å²) >= 11 is 0. The van der Waals surface area contributed by atoms with E-state index in [1.54, 1.807) is 30.5 Å². The van der Waals surface area contributed by atoms with Gasteiger partial charge in [-0.15, -0.1) is 12.4 Å². The lowest BCUT2D eigenvalue weighted by Gasteiger charge is -2.24. The van der Waals surface area contributed by atoms with Gasteiger partial charge in [0.05, 0.1) is 41.5 Å². The van der Waals surface area contributed by atoms with Crippen LogP contribution in [0.1, 0.15) is 45.2 Å². The van der Waals surface area contributed by atoms with Gasteiger partial charge in [0, 0.05) is 5.92 Å². The minimum atomic E-state index is -0.496. The predicted octanol–water partition coefficient (Wildman–Crippen LogP) is 3.80. The summed E-state index contributed by atoms with van der Waals surface area (Å²) in [5, 5.41) is 10.8. The van der Waals surface area contributed by atoms with E-state index in [2.05, 4.69) is 15.7 Å². The molecule has 1 fully saturated rings. The van der Waals surface area contributed by atoms with Crippen LogP contribution in [0.5, 0.6) is 0 Å². The molecule has 1 saturated heterocycles. The quantitative estimate of drug-likeness (QED) is 0.589. The van der Waals surface area contributed by atoms with Crippen LogP contribution in [0.4, 0.5) is 5.69 Å². The Labute approximate surface area is 187 Å². The van der Waals surface area contributed by atoms with E-state index in [1.807, 2.05) is 35.0 Å². The molecule has 2 N–H and O–H groups in total. The molecule has 0 aliphatic carbocycles. The Balaban J connectivity index is 0.00000272. The minimum Gasteiger partial charge on any atom is -0.465 e. The highest BCUT2D eigenvalue weighted by Gasteiger charge is 2.27. The van der Waals surface area contributed by atoms with Crippen molar-refractivity contribution in [2.45, 2.75) is 18.8 Å². The normalized spacial score (nSPS) is 13.8. The molecular weight excluding hydrogens is 416 g/mol. The van der Waals surface area contributed by atoms with Gasteiger partial charge in [0.1, 0.15) is 0 Å². The monoisotopic (exact) mass is 440 g/mol. The van der Waals surface area contributed by atoms with Gasteiger partial charge < -0.3 is 15.4 Å². The van der Waals surface area contributed by atoms with Gasteiger partial charge in [0.2, 0.25) is 0 Å². The van der Waals surface area contributed by atoms with E-state index in [4.69, 9.17) is 4.74 Å². The third kappa shape index (κ3) is 4.78. The molecular formula is C23H25ClN4O3. The predicted molar refractivity (Wildman–Crippen MR) is 121 cm³/mol. The second kappa shape index (κ2) is 10.2. The first-order valence-corrected chi connectivity index (χ1v) is 10.0. The van der Waals surface area contributed by atoms with Crippen molar-refractivity contribution in [2.24, 2.45) is 0 Å². The molecule has 2 heterocycles. The molecule has 1 aliphatic rings. The van der Waals surface area contributed by atoms with Crippen molar-refractivity contribution in [3.05, 3.63) is 77.6 Å². The maximum absolute atomic E-state index is 13.3. The number of para-hydroxylation sites is 2. The number of ether oxygens (including phenoxy) is 1. The number of amides is 1. The van der Waals surface area contributed by atoms with Crippen LogP contribution in [0.25, 0.3) is 5.69 Å². The molecule has 8 heteroatoms. The second-order valence-corrected chi connectivity index (χ2v) is 7.21. The summed E-state index contributed by atoms with van der Waals surface area (Å²) in [6, 6.07) is 16.6. The smallest absolute Gasteiger partial charge is 0.339 e. The van der Waals surface area contributed by atoms with E-state index in [0.29, 0.717) is 16.8 Å². The largest absolute Gasteiger partial charge is 0.465 e. The van der Waals surface area contributed by atoms with Gasteiger partial charge in [-0.3, -0.25) is 4.79 Å². The number of rotatable bonds is 5. The number of aromatic nitrogens is 2. The van der Waals surface area contributed by atoms with Crippen LogP contribution in [0, 0.1) is 0 Å². The lowest BCUT2D eigenvalue weighted by atomic mass is 9.91. The Hall–Kier alpha value is -3.16. The Morgan fingerprint density at radius 3 is 2.42 bits per heavy atom. The molecule has 4 rings (SSSR count). The van der Waals surface area contributed by atoms with Crippen LogP contribution in [-0.4, -0.2) is 41.9 Å². The number of hydrogen-bond donors (Lipinski definition) is 2. The van der Waals surface area contributed by atoms with Crippen molar-refractivity contribution in [3.8, 4) is 5.69 Å². The number of carbonyl (C=O) groups excluding carboxylic acids is 2. The molecule has 1 amide bonds. The Bertz CT molecular complexity index is 1050. The fourth-order valence-electron chi connectivity index (χ4n) is 3.87. The number of halogens is 1. The summed E-state index contributed by atoms with van der Waals surface area (Å²) in [4.78, 5) is 25.3. The van der Waals surface area contributed by atoms with Gasteiger partial charge in [-0.25, -0.2) is 9.48 Å². The number of piperidine rings is 1. The highest BCUT2D eigenvalue weighted by atomic mass is 35.5. The Kier molecular flexibility index (Phi) is 7.44. The standard InChI is InChI=1S/C23H24N4O3.ClH/c1-30-23(29)18-9-5-6-10-20(18)26-22(28)19-15-25-27(17-7-3-2-4-8-17)21(19)16-11-13-24-14-12-16;/h2-10,15-16,24H,11-14H2,1H3,(H,26,28);1H. The lowest BCUT2D eigenvalue weighted by Crippen LogP contribution is -2.29. The second-order valence-electron chi connectivity index (χ2n) is 7.21. The molecule has 2 aromatic carbocycles. The molecule has 3 aromatic rings. The van der Waals surface area contributed by atoms with Crippen molar-refractivity contribution in [1.29, 1.82) is 0 Å². The first-order valence-electron chi connectivity index (χ1n) is 10.0. The SMILES string of the molecule is COC(=O)c1ccccc1NC(=O)c1cnn(-c2ccccc2)c1C1CCNCC1.Cl. The maximum Gasteiger partial charge on any atom is 0.339 e. The summed E-state index contributed by atoms with van der Waals surface area (Å²) in [5.41, 5.74) is 3.06. The molecule has 0 spiro atoms. The number of benzene rings is 2. The van der Waals surface area contributed by atoms with Crippen LogP contribution in [0.15, 0.2) is 60.8 Å². The van der Waals surface area contributed by atoms with Crippen molar-refractivity contribution in [1.82, 2.24) is 15.1 Å². The average Bonchev–Trinajstić information content (AvgIpc) is 3.25. The molecule has 1 aliphatic heterocycles. The zero-order chi connectivity index (χ0) is 20.9. The number of nitrogens with zero attached hydrogens (tertiary/aromatic N) is 2. The Morgan fingerprint density at radius 2 is 1.71 bits per heavy atom. The third-order valence-corrected chi connectivity index (χ3v) is 5.36. The van der Waals surface area contributed by atoms with Gasteiger partial charge in [0.15, 0.2) is 0 Å². The third-order valence-electron chi connectivity index (χ3n) is 5.36. The molecule has 0 atom stereocenters. The van der Waals surface area contributed by atoms with Crippen molar-refractivity contribution in [3.63, 3.8) is 0 Å². The van der Waals surface area contributed by atoms with Gasteiger partial charge in [-0.1, -0.05) is 30.3 Å². The summed E-state index contributed by atoms with van der Waals surface area (Å²) in [7, 11) is 1.32. The van der Waals surface area contributed by atoms with E-state index >= 15 is 0 Å². The topological polar surface area (TPSA) is 85.2 Å². The summed E-state index contributed by atoms with van der Waals surface area (Å²) in [6.07, 6.45) is 3.47. The van der Waals surface area contributed by atoms with Gasteiger partial charge in [0.25, 0.3) is 5.91 Å². The van der Waals surface area contributed by atoms with Crippen LogP contribution in [0.2, 0.25) is 0 Å². The number of carbonyl (C=O) groups is 2. The van der Waals surface area contributed by atoms with Crippen LogP contribution < -0.4 is 10.6 Å². The maximum atomic E-state index is 13.3. The van der Waals surface area contributed by atoms with E-state index in [9.17, 15) is 9.59 Å². The molecule has 1 aromatic heterocycles. The summed E-state index contributed by atoms with van der Waals surface area (Å²) in [6.45, 7) is 1.80. The first kappa shape index (κ1) is 22.5. The number of anilines is 1. The molecule has 0 unspecified atom stereocenters. The van der Waals surface area contributed by atoms with Gasteiger partial charge >= 0.3 is 5.97 Å². The van der Waals surface area contributed by atoms with Crippen LogP contribution >= 0.6 is 12.4 Å². The molecule has 7 nitrogen and oxygen atoms in total. The molecule has 0 saturated carbocycles.